The number of ether oxygens (including phenoxy) is 1. The predicted octanol–water partition coefficient (Wildman–Crippen LogP) is 4.91. The molecular weight excluding hydrogens is 279 g/mol. The molecule has 0 heterocycles. The molecule has 0 aromatic heterocycles. The van der Waals surface area contributed by atoms with Gasteiger partial charge in [-0.1, -0.05) is 24.3 Å². The Morgan fingerprint density at radius 2 is 1.81 bits per heavy atom. The highest BCUT2D eigenvalue weighted by molar-refractivity contribution is 5.49. The summed E-state index contributed by atoms with van der Waals surface area (Å²) < 4.78 is 43.1. The zero-order chi connectivity index (χ0) is 15.4. The maximum absolute atomic E-state index is 13.8. The molecule has 0 amide bonds. The lowest BCUT2D eigenvalue weighted by Crippen LogP contribution is -2.11. The lowest BCUT2D eigenvalue weighted by Gasteiger charge is -2.19. The molecule has 2 aromatic carbocycles. The van der Waals surface area contributed by atoms with E-state index in [0.29, 0.717) is 11.3 Å². The van der Waals surface area contributed by atoms with Crippen LogP contribution in [0.4, 0.5) is 18.9 Å². The van der Waals surface area contributed by atoms with Crippen LogP contribution in [0.2, 0.25) is 0 Å². The summed E-state index contributed by atoms with van der Waals surface area (Å²) in [6.45, 7) is 0.657. The molecule has 5 heteroatoms. The monoisotopic (exact) mass is 295 g/mol. The van der Waals surface area contributed by atoms with Gasteiger partial charge >= 0.3 is 6.61 Å². The molecule has 0 radical (unpaired) electrons. The van der Waals surface area contributed by atoms with Crippen molar-refractivity contribution in [3.8, 4) is 5.75 Å². The van der Waals surface area contributed by atoms with Crippen molar-refractivity contribution >= 4 is 5.69 Å². The molecule has 1 N–H and O–H groups in total. The summed E-state index contributed by atoms with van der Waals surface area (Å²) in [5.74, 6) is -0.297. The zero-order valence-corrected chi connectivity index (χ0v) is 11.7. The zero-order valence-electron chi connectivity index (χ0n) is 11.7. The van der Waals surface area contributed by atoms with Gasteiger partial charge < -0.3 is 10.1 Å². The van der Waals surface area contributed by atoms with Crippen LogP contribution >= 0.6 is 0 Å². The number of hydrogen-bond acceptors (Lipinski definition) is 2. The van der Waals surface area contributed by atoms with Crippen molar-refractivity contribution in [2.75, 3.05) is 5.32 Å². The summed E-state index contributed by atoms with van der Waals surface area (Å²) in [7, 11) is 0. The molecule has 0 bridgehead atoms. The van der Waals surface area contributed by atoms with E-state index < -0.39 is 6.61 Å². The van der Waals surface area contributed by atoms with Crippen LogP contribution in [0.1, 0.15) is 24.1 Å². The first-order valence-electron chi connectivity index (χ1n) is 6.54. The number of aryl methyl sites for hydroxylation is 1. The Hall–Kier alpha value is -2.17. The average molecular weight is 295 g/mol. The summed E-state index contributed by atoms with van der Waals surface area (Å²) in [6, 6.07) is 10.9. The number of hydrogen-bond donors (Lipinski definition) is 1. The summed E-state index contributed by atoms with van der Waals surface area (Å²) >= 11 is 0. The molecule has 0 fully saturated rings. The molecule has 0 spiro atoms. The Bertz CT molecular complexity index is 616. The molecule has 112 valence electrons. The Morgan fingerprint density at radius 1 is 1.10 bits per heavy atom. The minimum atomic E-state index is -2.89. The Labute approximate surface area is 121 Å². The van der Waals surface area contributed by atoms with Gasteiger partial charge in [0.15, 0.2) is 0 Å². The normalized spacial score (nSPS) is 12.3. The van der Waals surface area contributed by atoms with Crippen molar-refractivity contribution in [2.24, 2.45) is 0 Å². The fraction of sp³-hybridized carbons (Fsp3) is 0.250. The minimum Gasteiger partial charge on any atom is -0.434 e. The van der Waals surface area contributed by atoms with Crippen LogP contribution < -0.4 is 10.1 Å². The lowest BCUT2D eigenvalue weighted by atomic mass is 10.1. The second-order valence-corrected chi connectivity index (χ2v) is 4.77. The van der Waals surface area contributed by atoms with Gasteiger partial charge in [-0.05, 0) is 37.6 Å². The molecule has 0 saturated heterocycles. The van der Waals surface area contributed by atoms with Gasteiger partial charge in [-0.25, -0.2) is 4.39 Å². The third kappa shape index (κ3) is 3.90. The molecule has 1 unspecified atom stereocenters. The molecule has 0 aliphatic heterocycles. The second-order valence-electron chi connectivity index (χ2n) is 4.77. The molecule has 2 nitrogen and oxygen atoms in total. The maximum atomic E-state index is 13.8. The number of benzene rings is 2. The highest BCUT2D eigenvalue weighted by atomic mass is 19.3. The first-order chi connectivity index (χ1) is 9.97. The molecule has 2 rings (SSSR count). The smallest absolute Gasteiger partial charge is 0.387 e. The predicted molar refractivity (Wildman–Crippen MR) is 76.2 cm³/mol. The molecule has 0 saturated carbocycles. The van der Waals surface area contributed by atoms with Crippen molar-refractivity contribution in [3.05, 3.63) is 59.4 Å². The largest absolute Gasteiger partial charge is 0.434 e. The van der Waals surface area contributed by atoms with Gasteiger partial charge in [0.25, 0.3) is 0 Å². The molecule has 0 aliphatic carbocycles. The standard InChI is InChI=1S/C16H16F3NO/c1-10-7-8-14(13(17)9-10)20-11(2)12-5-3-4-6-15(12)21-16(18)19/h3-9,11,16,20H,1-2H3. The summed E-state index contributed by atoms with van der Waals surface area (Å²) in [6.07, 6.45) is 0. The number of alkyl halides is 2. The van der Waals surface area contributed by atoms with Crippen LogP contribution in [0.15, 0.2) is 42.5 Å². The van der Waals surface area contributed by atoms with Crippen molar-refractivity contribution in [2.45, 2.75) is 26.5 Å². The average Bonchev–Trinajstić information content (AvgIpc) is 2.42. The van der Waals surface area contributed by atoms with E-state index in [1.165, 1.54) is 12.1 Å². The van der Waals surface area contributed by atoms with Gasteiger partial charge in [-0.15, -0.1) is 0 Å². The van der Waals surface area contributed by atoms with Crippen LogP contribution in [-0.4, -0.2) is 6.61 Å². The molecule has 1 atom stereocenters. The van der Waals surface area contributed by atoms with E-state index >= 15 is 0 Å². The van der Waals surface area contributed by atoms with Gasteiger partial charge in [0, 0.05) is 5.56 Å². The van der Waals surface area contributed by atoms with Crippen LogP contribution in [0.3, 0.4) is 0 Å². The van der Waals surface area contributed by atoms with E-state index in [0.717, 1.165) is 5.56 Å². The van der Waals surface area contributed by atoms with Crippen LogP contribution in [0.5, 0.6) is 5.75 Å². The topological polar surface area (TPSA) is 21.3 Å². The molecule has 2 aromatic rings. The van der Waals surface area contributed by atoms with Crippen LogP contribution in [-0.2, 0) is 0 Å². The first-order valence-corrected chi connectivity index (χ1v) is 6.54. The van der Waals surface area contributed by atoms with Crippen molar-refractivity contribution < 1.29 is 17.9 Å². The van der Waals surface area contributed by atoms with Crippen LogP contribution in [0.25, 0.3) is 0 Å². The van der Waals surface area contributed by atoms with E-state index in [2.05, 4.69) is 10.1 Å². The Morgan fingerprint density at radius 3 is 2.48 bits per heavy atom. The molecule has 0 aliphatic rings. The van der Waals surface area contributed by atoms with Gasteiger partial charge in [0.2, 0.25) is 0 Å². The number of para-hydroxylation sites is 1. The summed E-state index contributed by atoms with van der Waals surface area (Å²) in [5, 5.41) is 2.97. The maximum Gasteiger partial charge on any atom is 0.387 e. The number of rotatable bonds is 5. The van der Waals surface area contributed by atoms with Gasteiger partial charge in [0.1, 0.15) is 11.6 Å². The van der Waals surface area contributed by atoms with Gasteiger partial charge in [0.05, 0.1) is 11.7 Å². The third-order valence-electron chi connectivity index (χ3n) is 3.10. The van der Waals surface area contributed by atoms with Crippen molar-refractivity contribution in [1.82, 2.24) is 0 Å². The van der Waals surface area contributed by atoms with E-state index in [1.54, 1.807) is 44.2 Å². The summed E-state index contributed by atoms with van der Waals surface area (Å²) in [5.41, 5.74) is 1.67. The number of anilines is 1. The minimum absolute atomic E-state index is 0.0834. The second kappa shape index (κ2) is 6.52. The third-order valence-corrected chi connectivity index (χ3v) is 3.10. The first kappa shape index (κ1) is 15.2. The Balaban J connectivity index is 2.22. The quantitative estimate of drug-likeness (QED) is 0.846. The van der Waals surface area contributed by atoms with E-state index in [4.69, 9.17) is 0 Å². The molecule has 21 heavy (non-hydrogen) atoms. The van der Waals surface area contributed by atoms with Gasteiger partial charge in [-0.3, -0.25) is 0 Å². The number of halogens is 3. The lowest BCUT2D eigenvalue weighted by molar-refractivity contribution is -0.0505. The van der Waals surface area contributed by atoms with E-state index in [-0.39, 0.29) is 17.6 Å². The fourth-order valence-electron chi connectivity index (χ4n) is 2.09. The number of nitrogens with one attached hydrogen (secondary N) is 1. The van der Waals surface area contributed by atoms with Crippen molar-refractivity contribution in [3.63, 3.8) is 0 Å². The highest BCUT2D eigenvalue weighted by Gasteiger charge is 2.15. The van der Waals surface area contributed by atoms with Crippen LogP contribution in [0, 0.1) is 12.7 Å². The molecular formula is C16H16F3NO. The SMILES string of the molecule is Cc1ccc(NC(C)c2ccccc2OC(F)F)c(F)c1. The van der Waals surface area contributed by atoms with Gasteiger partial charge in [-0.2, -0.15) is 8.78 Å². The van der Waals surface area contributed by atoms with E-state index in [9.17, 15) is 13.2 Å². The summed E-state index contributed by atoms with van der Waals surface area (Å²) in [4.78, 5) is 0. The Kier molecular flexibility index (Phi) is 4.73. The van der Waals surface area contributed by atoms with Crippen molar-refractivity contribution in [1.29, 1.82) is 0 Å². The van der Waals surface area contributed by atoms with E-state index in [1.807, 2.05) is 0 Å². The fourth-order valence-corrected chi connectivity index (χ4v) is 2.09. The highest BCUT2D eigenvalue weighted by Crippen LogP contribution is 2.29.